The lowest BCUT2D eigenvalue weighted by molar-refractivity contribution is 0.0675. The highest BCUT2D eigenvalue weighted by atomic mass is 16.5. The van der Waals surface area contributed by atoms with Gasteiger partial charge in [0.1, 0.15) is 0 Å². The number of nitrogens with one attached hydrogen (secondary N) is 1. The second kappa shape index (κ2) is 8.14. The molecule has 0 radical (unpaired) electrons. The van der Waals surface area contributed by atoms with E-state index >= 15 is 0 Å². The van der Waals surface area contributed by atoms with Gasteiger partial charge in [-0.25, -0.2) is 0 Å². The highest BCUT2D eigenvalue weighted by Crippen LogP contribution is 2.34. The van der Waals surface area contributed by atoms with Crippen LogP contribution in [0.25, 0.3) is 10.8 Å². The van der Waals surface area contributed by atoms with E-state index in [2.05, 4.69) is 85.0 Å². The van der Waals surface area contributed by atoms with Crippen molar-refractivity contribution in [2.45, 2.75) is 37.8 Å². The first-order valence-electron chi connectivity index (χ1n) is 10.0. The van der Waals surface area contributed by atoms with Gasteiger partial charge in [-0.15, -0.1) is 0 Å². The van der Waals surface area contributed by atoms with Gasteiger partial charge in [-0.05, 0) is 47.2 Å². The van der Waals surface area contributed by atoms with E-state index in [9.17, 15) is 5.26 Å². The predicted molar refractivity (Wildman–Crippen MR) is 113 cm³/mol. The lowest BCUT2D eigenvalue weighted by Gasteiger charge is -2.31. The van der Waals surface area contributed by atoms with Gasteiger partial charge in [-0.1, -0.05) is 66.7 Å². The molecule has 1 N–H and O–H groups in total. The molecule has 0 unspecified atom stereocenters. The molecule has 1 fully saturated rings. The molecule has 0 spiro atoms. The molecule has 28 heavy (non-hydrogen) atoms. The third kappa shape index (κ3) is 3.67. The average molecular weight is 370 g/mol. The van der Waals surface area contributed by atoms with Gasteiger partial charge in [0.05, 0.1) is 11.5 Å². The van der Waals surface area contributed by atoms with Crippen molar-refractivity contribution in [3.63, 3.8) is 0 Å². The van der Waals surface area contributed by atoms with Crippen LogP contribution < -0.4 is 5.32 Å². The van der Waals surface area contributed by atoms with Crippen LogP contribution in [0.15, 0.2) is 66.7 Å². The zero-order valence-electron chi connectivity index (χ0n) is 16.3. The maximum absolute atomic E-state index is 9.74. The van der Waals surface area contributed by atoms with Crippen molar-refractivity contribution in [2.24, 2.45) is 0 Å². The number of hydrogen-bond acceptors (Lipinski definition) is 3. The molecule has 0 aliphatic carbocycles. The zero-order valence-corrected chi connectivity index (χ0v) is 16.3. The van der Waals surface area contributed by atoms with Crippen LogP contribution in [0.1, 0.15) is 42.5 Å². The Kier molecular flexibility index (Phi) is 5.43. The van der Waals surface area contributed by atoms with Crippen LogP contribution in [0.2, 0.25) is 0 Å². The molecule has 1 aliphatic heterocycles. The van der Waals surface area contributed by atoms with Gasteiger partial charge in [0, 0.05) is 25.8 Å². The van der Waals surface area contributed by atoms with Gasteiger partial charge >= 0.3 is 0 Å². The van der Waals surface area contributed by atoms with Crippen LogP contribution in [-0.4, -0.2) is 13.2 Å². The maximum Gasteiger partial charge on any atom is 0.0866 e. The van der Waals surface area contributed by atoms with E-state index < -0.39 is 0 Å². The molecule has 142 valence electrons. The Hall–Kier alpha value is -2.67. The normalized spacial score (nSPS) is 17.1. The van der Waals surface area contributed by atoms with Crippen molar-refractivity contribution >= 4 is 10.8 Å². The Labute approximate surface area is 167 Å². The monoisotopic (exact) mass is 370 g/mol. The lowest BCUT2D eigenvalue weighted by atomic mass is 9.75. The molecule has 0 bridgehead atoms. The van der Waals surface area contributed by atoms with Crippen LogP contribution in [0.5, 0.6) is 0 Å². The highest BCUT2D eigenvalue weighted by Gasteiger charge is 2.34. The molecule has 1 saturated heterocycles. The fourth-order valence-electron chi connectivity index (χ4n) is 4.14. The summed E-state index contributed by atoms with van der Waals surface area (Å²) < 4.78 is 5.45. The summed E-state index contributed by atoms with van der Waals surface area (Å²) in [6.45, 7) is 4.34. The average Bonchev–Trinajstić information content (AvgIpc) is 2.78. The molecular weight excluding hydrogens is 344 g/mol. The first-order chi connectivity index (χ1) is 13.7. The summed E-state index contributed by atoms with van der Waals surface area (Å²) in [5.74, 6) is 0. The molecule has 3 nitrogen and oxygen atoms in total. The Balaban J connectivity index is 1.46. The molecular formula is C25H26N2O. The third-order valence-electron chi connectivity index (χ3n) is 5.97. The quantitative estimate of drug-likeness (QED) is 0.666. The minimum absolute atomic E-state index is 0.256. The van der Waals surface area contributed by atoms with Crippen LogP contribution in [0.3, 0.4) is 0 Å². The molecule has 3 aromatic rings. The van der Waals surface area contributed by atoms with E-state index in [1.54, 1.807) is 0 Å². The summed E-state index contributed by atoms with van der Waals surface area (Å²) in [4.78, 5) is 0. The molecule has 1 heterocycles. The van der Waals surface area contributed by atoms with Crippen molar-refractivity contribution in [3.8, 4) is 6.07 Å². The summed E-state index contributed by atoms with van der Waals surface area (Å²) in [6.07, 6.45) is 1.55. The first-order valence-corrected chi connectivity index (χ1v) is 10.0. The largest absolute Gasteiger partial charge is 0.381 e. The standard InChI is InChI=1S/C25H26N2O/c1-19(23-8-4-6-21-5-2-3-7-24(21)23)27-17-20-9-11-22(12-10-20)25(18-26)13-15-28-16-14-25/h2-12,19,27H,13-17H2,1H3/t19-/m1/s1. The van der Waals surface area contributed by atoms with Crippen LogP contribution in [0, 0.1) is 11.3 Å². The predicted octanol–water partition coefficient (Wildman–Crippen LogP) is 5.26. The molecule has 3 aromatic carbocycles. The number of benzene rings is 3. The van der Waals surface area contributed by atoms with Gasteiger partial charge in [-0.2, -0.15) is 5.26 Å². The van der Waals surface area contributed by atoms with Crippen LogP contribution in [0.4, 0.5) is 0 Å². The van der Waals surface area contributed by atoms with Crippen molar-refractivity contribution in [1.82, 2.24) is 5.32 Å². The van der Waals surface area contributed by atoms with Gasteiger partial charge in [0.25, 0.3) is 0 Å². The van der Waals surface area contributed by atoms with Gasteiger partial charge in [0.2, 0.25) is 0 Å². The van der Waals surface area contributed by atoms with Gasteiger partial charge in [0.15, 0.2) is 0 Å². The molecule has 4 rings (SSSR count). The summed E-state index contributed by atoms with van der Waals surface area (Å²) in [6, 6.07) is 26.3. The van der Waals surface area contributed by atoms with E-state index in [-0.39, 0.29) is 11.5 Å². The summed E-state index contributed by atoms with van der Waals surface area (Å²) in [5, 5.41) is 16.0. The highest BCUT2D eigenvalue weighted by molar-refractivity contribution is 5.86. The van der Waals surface area contributed by atoms with E-state index in [1.165, 1.54) is 21.9 Å². The van der Waals surface area contributed by atoms with Crippen molar-refractivity contribution in [2.75, 3.05) is 13.2 Å². The smallest absolute Gasteiger partial charge is 0.0866 e. The van der Waals surface area contributed by atoms with E-state index in [1.807, 2.05) is 0 Å². The number of nitriles is 1. The SMILES string of the molecule is C[C@@H](NCc1ccc(C2(C#N)CCOCC2)cc1)c1cccc2ccccc12. The Morgan fingerprint density at radius 1 is 1.00 bits per heavy atom. The Morgan fingerprint density at radius 2 is 1.71 bits per heavy atom. The minimum atomic E-state index is -0.388. The number of hydrogen-bond donors (Lipinski definition) is 1. The molecule has 0 amide bonds. The van der Waals surface area contributed by atoms with Gasteiger partial charge < -0.3 is 10.1 Å². The second-order valence-corrected chi connectivity index (χ2v) is 7.67. The first kappa shape index (κ1) is 18.7. The van der Waals surface area contributed by atoms with Crippen LogP contribution in [-0.2, 0) is 16.7 Å². The van der Waals surface area contributed by atoms with Crippen molar-refractivity contribution in [3.05, 3.63) is 83.4 Å². The number of ether oxygens (including phenoxy) is 1. The summed E-state index contributed by atoms with van der Waals surface area (Å²) in [5.41, 5.74) is 3.28. The molecule has 0 saturated carbocycles. The topological polar surface area (TPSA) is 45.0 Å². The van der Waals surface area contributed by atoms with Gasteiger partial charge in [-0.3, -0.25) is 0 Å². The Bertz CT molecular complexity index is 976. The van der Waals surface area contributed by atoms with E-state index in [4.69, 9.17) is 4.74 Å². The molecule has 1 aliphatic rings. The Morgan fingerprint density at radius 3 is 2.46 bits per heavy atom. The van der Waals surface area contributed by atoms with Crippen molar-refractivity contribution in [1.29, 1.82) is 5.26 Å². The number of nitrogens with zero attached hydrogens (tertiary/aromatic N) is 1. The number of rotatable bonds is 5. The lowest BCUT2D eigenvalue weighted by Crippen LogP contribution is -2.32. The summed E-state index contributed by atoms with van der Waals surface area (Å²) in [7, 11) is 0. The maximum atomic E-state index is 9.74. The summed E-state index contributed by atoms with van der Waals surface area (Å²) >= 11 is 0. The molecule has 0 aromatic heterocycles. The third-order valence-corrected chi connectivity index (χ3v) is 5.97. The van der Waals surface area contributed by atoms with E-state index in [0.29, 0.717) is 13.2 Å². The zero-order chi connectivity index (χ0) is 19.4. The van der Waals surface area contributed by atoms with Crippen LogP contribution >= 0.6 is 0 Å². The minimum Gasteiger partial charge on any atom is -0.381 e. The fourth-order valence-corrected chi connectivity index (χ4v) is 4.14. The molecule has 1 atom stereocenters. The molecule has 3 heteroatoms. The van der Waals surface area contributed by atoms with Crippen molar-refractivity contribution < 1.29 is 4.74 Å². The van der Waals surface area contributed by atoms with E-state index in [0.717, 1.165) is 24.9 Å². The second-order valence-electron chi connectivity index (χ2n) is 7.67. The number of fused-ring (bicyclic) bond motifs is 1. The fraction of sp³-hybridized carbons (Fsp3) is 0.320.